The maximum absolute atomic E-state index is 12.1. The second-order valence-electron chi connectivity index (χ2n) is 5.74. The number of carbonyl (C=O) groups is 3. The molecule has 0 aliphatic carbocycles. The van der Waals surface area contributed by atoms with Gasteiger partial charge in [-0.2, -0.15) is 0 Å². The van der Waals surface area contributed by atoms with Crippen molar-refractivity contribution in [3.63, 3.8) is 0 Å². The quantitative estimate of drug-likeness (QED) is 0.659. The van der Waals surface area contributed by atoms with Crippen LogP contribution in [0.25, 0.3) is 0 Å². The van der Waals surface area contributed by atoms with Gasteiger partial charge in [0.25, 0.3) is 11.8 Å². The summed E-state index contributed by atoms with van der Waals surface area (Å²) >= 11 is 6.07. The van der Waals surface area contributed by atoms with E-state index in [9.17, 15) is 14.4 Å². The van der Waals surface area contributed by atoms with Crippen LogP contribution in [0.2, 0.25) is 5.02 Å². The minimum Gasteiger partial charge on any atom is -0.461 e. The first kappa shape index (κ1) is 17.2. The molecule has 1 heterocycles. The van der Waals surface area contributed by atoms with Crippen molar-refractivity contribution in [1.29, 1.82) is 0 Å². The van der Waals surface area contributed by atoms with Crippen molar-refractivity contribution in [2.75, 3.05) is 0 Å². The third-order valence-corrected chi connectivity index (χ3v) is 4.44. The van der Waals surface area contributed by atoms with Gasteiger partial charge in [0.2, 0.25) is 0 Å². The molecule has 1 aliphatic heterocycles. The summed E-state index contributed by atoms with van der Waals surface area (Å²) in [4.78, 5) is 35.6. The zero-order chi connectivity index (χ0) is 18.0. The Balaban J connectivity index is 1.68. The second kappa shape index (κ2) is 7.07. The first-order valence-electron chi connectivity index (χ1n) is 7.90. The summed E-state index contributed by atoms with van der Waals surface area (Å²) < 4.78 is 5.29. The van der Waals surface area contributed by atoms with Crippen molar-refractivity contribution in [3.8, 4) is 0 Å². The Labute approximate surface area is 149 Å². The van der Waals surface area contributed by atoms with Gasteiger partial charge in [-0.3, -0.25) is 19.7 Å². The number of benzene rings is 2. The van der Waals surface area contributed by atoms with Gasteiger partial charge in [-0.25, -0.2) is 0 Å². The molecule has 0 saturated carbocycles. The van der Waals surface area contributed by atoms with Crippen LogP contribution < -0.4 is 5.32 Å². The van der Waals surface area contributed by atoms with Crippen molar-refractivity contribution < 1.29 is 19.1 Å². The summed E-state index contributed by atoms with van der Waals surface area (Å²) in [6.07, 6.45) is 0.720. The van der Waals surface area contributed by atoms with Gasteiger partial charge < -0.3 is 4.74 Å². The van der Waals surface area contributed by atoms with Crippen molar-refractivity contribution in [1.82, 2.24) is 5.32 Å². The molecule has 128 valence electrons. The Bertz CT molecular complexity index is 876. The molecule has 2 aromatic rings. The summed E-state index contributed by atoms with van der Waals surface area (Å²) in [7, 11) is 0. The number of ether oxygens (including phenoxy) is 1. The smallest absolute Gasteiger partial charge is 0.310 e. The summed E-state index contributed by atoms with van der Waals surface area (Å²) in [5.41, 5.74) is 2.87. The van der Waals surface area contributed by atoms with Crippen LogP contribution in [0.5, 0.6) is 0 Å². The number of nitrogens with one attached hydrogen (secondary N) is 1. The molecule has 5 nitrogen and oxygen atoms in total. The molecular formula is C19H16ClNO4. The third kappa shape index (κ3) is 3.56. The van der Waals surface area contributed by atoms with Crippen molar-refractivity contribution in [2.45, 2.75) is 26.4 Å². The molecule has 1 aliphatic rings. The van der Waals surface area contributed by atoms with Gasteiger partial charge in [0.05, 0.1) is 17.5 Å². The fourth-order valence-corrected chi connectivity index (χ4v) is 3.05. The highest BCUT2D eigenvalue weighted by molar-refractivity contribution is 6.31. The van der Waals surface area contributed by atoms with E-state index in [-0.39, 0.29) is 18.6 Å². The Morgan fingerprint density at radius 1 is 1.12 bits per heavy atom. The average molecular weight is 358 g/mol. The number of hydrogen-bond acceptors (Lipinski definition) is 4. The van der Waals surface area contributed by atoms with E-state index in [2.05, 4.69) is 5.32 Å². The van der Waals surface area contributed by atoms with Crippen LogP contribution in [-0.2, 0) is 29.0 Å². The molecule has 0 atom stereocenters. The van der Waals surface area contributed by atoms with E-state index in [1.807, 2.05) is 13.0 Å². The molecule has 2 amide bonds. The molecular weight excluding hydrogens is 342 g/mol. The topological polar surface area (TPSA) is 72.5 Å². The Morgan fingerprint density at radius 3 is 2.68 bits per heavy atom. The first-order chi connectivity index (χ1) is 12.0. The van der Waals surface area contributed by atoms with Crippen LogP contribution in [0, 0.1) is 0 Å². The molecule has 1 N–H and O–H groups in total. The lowest BCUT2D eigenvalue weighted by Gasteiger charge is -2.09. The van der Waals surface area contributed by atoms with Gasteiger partial charge in [-0.1, -0.05) is 42.8 Å². The number of imide groups is 1. The molecule has 0 unspecified atom stereocenters. The Morgan fingerprint density at radius 2 is 1.92 bits per heavy atom. The molecule has 0 spiro atoms. The average Bonchev–Trinajstić information content (AvgIpc) is 2.89. The normalized spacial score (nSPS) is 12.7. The molecule has 0 radical (unpaired) electrons. The largest absolute Gasteiger partial charge is 0.461 e. The zero-order valence-corrected chi connectivity index (χ0v) is 14.4. The standard InChI is InChI=1S/C19H16ClNO4/c1-2-12-8-11(6-7-15(12)20)10-25-16(22)9-13-4-3-5-14-17(13)19(24)21-18(14)23/h3-8H,2,9-10H2,1H3,(H,21,23,24). The Kier molecular flexibility index (Phi) is 4.86. The van der Waals surface area contributed by atoms with E-state index in [0.29, 0.717) is 16.1 Å². The maximum Gasteiger partial charge on any atom is 0.310 e. The van der Waals surface area contributed by atoms with E-state index < -0.39 is 17.8 Å². The molecule has 0 fully saturated rings. The van der Waals surface area contributed by atoms with E-state index in [1.165, 1.54) is 0 Å². The van der Waals surface area contributed by atoms with Gasteiger partial charge in [0.15, 0.2) is 0 Å². The van der Waals surface area contributed by atoms with E-state index in [1.54, 1.807) is 30.3 Å². The first-order valence-corrected chi connectivity index (χ1v) is 8.28. The molecule has 6 heteroatoms. The van der Waals surface area contributed by atoms with E-state index in [0.717, 1.165) is 17.5 Å². The highest BCUT2D eigenvalue weighted by Crippen LogP contribution is 2.21. The molecule has 3 rings (SSSR count). The van der Waals surface area contributed by atoms with Crippen molar-refractivity contribution >= 4 is 29.4 Å². The third-order valence-electron chi connectivity index (χ3n) is 4.08. The van der Waals surface area contributed by atoms with Gasteiger partial charge in [-0.15, -0.1) is 0 Å². The van der Waals surface area contributed by atoms with Crippen LogP contribution in [0.3, 0.4) is 0 Å². The molecule has 2 aromatic carbocycles. The van der Waals surface area contributed by atoms with Crippen molar-refractivity contribution in [2.24, 2.45) is 0 Å². The lowest BCUT2D eigenvalue weighted by atomic mass is 10.0. The van der Waals surface area contributed by atoms with Gasteiger partial charge in [0.1, 0.15) is 6.61 Å². The minimum absolute atomic E-state index is 0.0713. The summed E-state index contributed by atoms with van der Waals surface area (Å²) in [5.74, 6) is -1.38. The lowest BCUT2D eigenvalue weighted by Crippen LogP contribution is -2.20. The van der Waals surface area contributed by atoms with Crippen molar-refractivity contribution in [3.05, 3.63) is 69.2 Å². The summed E-state index contributed by atoms with van der Waals surface area (Å²) in [6, 6.07) is 10.3. The number of esters is 1. The van der Waals surface area contributed by atoms with Gasteiger partial charge >= 0.3 is 5.97 Å². The number of rotatable bonds is 5. The van der Waals surface area contributed by atoms with Crippen LogP contribution in [0.15, 0.2) is 36.4 Å². The van der Waals surface area contributed by atoms with Crippen LogP contribution in [-0.4, -0.2) is 17.8 Å². The number of aryl methyl sites for hydroxylation is 1. The van der Waals surface area contributed by atoms with Gasteiger partial charge in [-0.05, 0) is 35.2 Å². The lowest BCUT2D eigenvalue weighted by molar-refractivity contribution is -0.144. The number of hydrogen-bond donors (Lipinski definition) is 1. The predicted octanol–water partition coefficient (Wildman–Crippen LogP) is 3.07. The summed E-state index contributed by atoms with van der Waals surface area (Å²) in [5, 5.41) is 2.92. The summed E-state index contributed by atoms with van der Waals surface area (Å²) in [6.45, 7) is 2.13. The fourth-order valence-electron chi connectivity index (χ4n) is 2.80. The highest BCUT2D eigenvalue weighted by Gasteiger charge is 2.29. The molecule has 0 bridgehead atoms. The van der Waals surface area contributed by atoms with Gasteiger partial charge in [0, 0.05) is 5.02 Å². The van der Waals surface area contributed by atoms with Crippen LogP contribution in [0.4, 0.5) is 0 Å². The fraction of sp³-hybridized carbons (Fsp3) is 0.211. The Hall–Kier alpha value is -2.66. The monoisotopic (exact) mass is 357 g/mol. The SMILES string of the molecule is CCc1cc(COC(=O)Cc2cccc3c2C(=O)NC3=O)ccc1Cl. The number of halogens is 1. The molecule has 25 heavy (non-hydrogen) atoms. The van der Waals surface area contributed by atoms with Crippen LogP contribution in [0.1, 0.15) is 44.3 Å². The number of fused-ring (bicyclic) bond motifs is 1. The minimum atomic E-state index is -0.478. The second-order valence-corrected chi connectivity index (χ2v) is 6.15. The predicted molar refractivity (Wildman–Crippen MR) is 92.6 cm³/mol. The number of carbonyl (C=O) groups excluding carboxylic acids is 3. The highest BCUT2D eigenvalue weighted by atomic mass is 35.5. The number of amides is 2. The zero-order valence-electron chi connectivity index (χ0n) is 13.6. The van der Waals surface area contributed by atoms with E-state index >= 15 is 0 Å². The molecule has 0 saturated heterocycles. The van der Waals surface area contributed by atoms with E-state index in [4.69, 9.17) is 16.3 Å². The van der Waals surface area contributed by atoms with Crippen LogP contribution >= 0.6 is 11.6 Å². The molecule has 0 aromatic heterocycles. The maximum atomic E-state index is 12.1.